The van der Waals surface area contributed by atoms with E-state index in [-0.39, 0.29) is 55.7 Å². The van der Waals surface area contributed by atoms with Crippen LogP contribution in [0.25, 0.3) is 0 Å². The maximum Gasteiger partial charge on any atom is 0.234 e. The fraction of sp³-hybridized carbons (Fsp3) is 0.422. The van der Waals surface area contributed by atoms with E-state index in [4.69, 9.17) is 28.4 Å². The van der Waals surface area contributed by atoms with E-state index in [1.807, 2.05) is 91.2 Å². The predicted molar refractivity (Wildman–Crippen MR) is 230 cm³/mol. The van der Waals surface area contributed by atoms with Gasteiger partial charge in [-0.2, -0.15) is 0 Å². The number of nitrogens with zero attached hydrogens (tertiary/aromatic N) is 2. The average Bonchev–Trinajstić information content (AvgIpc) is 3.72. The van der Waals surface area contributed by atoms with Crippen LogP contribution in [0.5, 0.6) is 34.5 Å². The van der Waals surface area contributed by atoms with Gasteiger partial charge in [-0.05, 0) is 94.3 Å². The van der Waals surface area contributed by atoms with Crippen LogP contribution in [0.1, 0.15) is 56.9 Å². The summed E-state index contributed by atoms with van der Waals surface area (Å²) in [6, 6.07) is 26.0. The van der Waals surface area contributed by atoms with Crippen LogP contribution >= 0.6 is 23.5 Å². The Hall–Kier alpha value is -4.76. The van der Waals surface area contributed by atoms with E-state index in [0.717, 1.165) is 11.1 Å². The van der Waals surface area contributed by atoms with Gasteiger partial charge in [-0.1, -0.05) is 36.4 Å². The van der Waals surface area contributed by atoms with Gasteiger partial charge in [-0.25, -0.2) is 0 Å². The minimum Gasteiger partial charge on any atom is -0.496 e. The molecule has 2 amide bonds. The fourth-order valence-corrected chi connectivity index (χ4v) is 11.1. The van der Waals surface area contributed by atoms with Crippen molar-refractivity contribution in [2.24, 2.45) is 0 Å². The molecule has 2 N–H and O–H groups in total. The zero-order valence-corrected chi connectivity index (χ0v) is 36.3. The molecule has 4 atom stereocenters. The summed E-state index contributed by atoms with van der Waals surface area (Å²) in [5.41, 5.74) is 2.61. The quantitative estimate of drug-likeness (QED) is 0.101. The highest BCUT2D eigenvalue weighted by Gasteiger charge is 2.71. The molecule has 0 aromatic heterocycles. The van der Waals surface area contributed by atoms with Crippen LogP contribution in [0.15, 0.2) is 84.9 Å². The molecule has 2 aliphatic heterocycles. The Bertz CT molecular complexity index is 2060. The Balaban J connectivity index is 1.72. The van der Waals surface area contributed by atoms with Crippen molar-refractivity contribution in [3.05, 3.63) is 107 Å². The largest absolute Gasteiger partial charge is 0.496 e. The van der Waals surface area contributed by atoms with E-state index >= 15 is 0 Å². The molecule has 4 aromatic rings. The first kappa shape index (κ1) is 43.8. The Morgan fingerprint density at radius 1 is 0.610 bits per heavy atom. The summed E-state index contributed by atoms with van der Waals surface area (Å²) in [4.78, 5) is 30.4. The van der Waals surface area contributed by atoms with Crippen LogP contribution < -0.4 is 28.4 Å². The Morgan fingerprint density at radius 3 is 1.39 bits per heavy atom. The summed E-state index contributed by atoms with van der Waals surface area (Å²) in [7, 11) is 3.11. The monoisotopic (exact) mass is 846 g/mol. The van der Waals surface area contributed by atoms with Crippen LogP contribution in [-0.2, 0) is 32.4 Å². The average molecular weight is 847 g/mol. The van der Waals surface area contributed by atoms with E-state index in [2.05, 4.69) is 0 Å². The molecular weight excluding hydrogens is 793 g/mol. The number of benzene rings is 4. The minimum absolute atomic E-state index is 0.0279. The Labute approximate surface area is 355 Å². The van der Waals surface area contributed by atoms with Gasteiger partial charge in [0.2, 0.25) is 11.8 Å². The number of hydrogen-bond donors (Lipinski definition) is 2. The molecule has 316 valence electrons. The molecule has 0 spiro atoms. The van der Waals surface area contributed by atoms with Crippen molar-refractivity contribution in [1.29, 1.82) is 0 Å². The number of hydrogen-bond acceptors (Lipinski definition) is 12. The summed E-state index contributed by atoms with van der Waals surface area (Å²) in [6.07, 6.45) is -1.68. The van der Waals surface area contributed by atoms with Crippen molar-refractivity contribution < 1.29 is 48.2 Å². The van der Waals surface area contributed by atoms with Gasteiger partial charge in [-0.3, -0.25) is 9.59 Å². The summed E-state index contributed by atoms with van der Waals surface area (Å²) in [5.74, 6) is 2.62. The molecule has 0 aliphatic carbocycles. The van der Waals surface area contributed by atoms with Gasteiger partial charge < -0.3 is 48.4 Å². The lowest BCUT2D eigenvalue weighted by molar-refractivity contribution is -0.141. The highest BCUT2D eigenvalue weighted by Crippen LogP contribution is 2.70. The van der Waals surface area contributed by atoms with Gasteiger partial charge >= 0.3 is 0 Å². The standard InChI is InChI=1S/C45H54N2O10S2/c1-8-54-34-19-15-32(16-20-34)23-46-40(50)27-58-44(46,42-36(52-6)11-9-13-38(42)55-25-30(4)48)45(43-37(53-7)12-10-14-39(43)56-26-31(5)49)47(41(51)28-59-45)24-33-17-21-35(22-18-33)57-29(2)3/h9-22,29-31,48-49H,8,23-28H2,1-7H3. The smallest absolute Gasteiger partial charge is 0.234 e. The van der Waals surface area contributed by atoms with Crippen molar-refractivity contribution >= 4 is 35.3 Å². The number of thioether (sulfide) groups is 2. The Kier molecular flexibility index (Phi) is 14.2. The van der Waals surface area contributed by atoms with Crippen molar-refractivity contribution in [2.75, 3.05) is 45.5 Å². The summed E-state index contributed by atoms with van der Waals surface area (Å²) >= 11 is 2.74. The maximum absolute atomic E-state index is 14.9. The first-order valence-corrected chi connectivity index (χ1v) is 21.7. The molecule has 0 bridgehead atoms. The Morgan fingerprint density at radius 2 is 1.02 bits per heavy atom. The van der Waals surface area contributed by atoms with Crippen molar-refractivity contribution in [2.45, 2.75) is 75.8 Å². The summed E-state index contributed by atoms with van der Waals surface area (Å²) in [5, 5.41) is 21.0. The number of aliphatic hydroxyl groups is 2. The third-order valence-electron chi connectivity index (χ3n) is 9.90. The first-order valence-electron chi connectivity index (χ1n) is 19.7. The van der Waals surface area contributed by atoms with Crippen LogP contribution in [-0.4, -0.2) is 95.7 Å². The third-order valence-corrected chi connectivity index (χ3v) is 13.1. The number of carbonyl (C=O) groups is 2. The van der Waals surface area contributed by atoms with E-state index in [1.165, 1.54) is 23.5 Å². The number of amides is 2. The van der Waals surface area contributed by atoms with Crippen LogP contribution in [0.3, 0.4) is 0 Å². The molecule has 4 aromatic carbocycles. The number of aliphatic hydroxyl groups excluding tert-OH is 2. The summed E-state index contributed by atoms with van der Waals surface area (Å²) in [6.45, 7) is 9.74. The van der Waals surface area contributed by atoms with Gasteiger partial charge in [0.25, 0.3) is 0 Å². The van der Waals surface area contributed by atoms with Gasteiger partial charge in [0.05, 0.1) is 61.8 Å². The second-order valence-electron chi connectivity index (χ2n) is 14.7. The van der Waals surface area contributed by atoms with Crippen LogP contribution in [0.4, 0.5) is 0 Å². The molecule has 59 heavy (non-hydrogen) atoms. The lowest BCUT2D eigenvalue weighted by Gasteiger charge is -2.54. The highest BCUT2D eigenvalue weighted by atomic mass is 32.2. The normalized spacial score (nSPS) is 20.2. The van der Waals surface area contributed by atoms with Crippen molar-refractivity contribution in [3.8, 4) is 34.5 Å². The number of carbonyl (C=O) groups excluding carboxylic acids is 2. The van der Waals surface area contributed by atoms with Gasteiger partial charge in [-0.15, -0.1) is 23.5 Å². The van der Waals surface area contributed by atoms with Gasteiger partial charge in [0, 0.05) is 13.1 Å². The SMILES string of the molecule is CCOc1ccc(CN2C(=O)CSC2(c2c(OC)cccc2OCC(C)O)C2(c3c(OC)cccc3OCC(C)O)SCC(=O)N2Cc2ccc(OC(C)C)cc2)cc1. The molecule has 2 saturated heterocycles. The maximum atomic E-state index is 14.9. The molecule has 14 heteroatoms. The fourth-order valence-electron chi connectivity index (χ4n) is 7.57. The molecule has 4 unspecified atom stereocenters. The molecule has 2 fully saturated rings. The van der Waals surface area contributed by atoms with E-state index in [1.54, 1.807) is 52.3 Å². The zero-order valence-electron chi connectivity index (χ0n) is 34.6. The van der Waals surface area contributed by atoms with Crippen molar-refractivity contribution in [1.82, 2.24) is 9.80 Å². The highest BCUT2D eigenvalue weighted by molar-refractivity contribution is 8.05. The second-order valence-corrected chi connectivity index (χ2v) is 17.0. The second kappa shape index (κ2) is 19.1. The molecule has 0 saturated carbocycles. The molecule has 12 nitrogen and oxygen atoms in total. The third kappa shape index (κ3) is 8.91. The van der Waals surface area contributed by atoms with Crippen LogP contribution in [0, 0.1) is 0 Å². The predicted octanol–water partition coefficient (Wildman–Crippen LogP) is 6.97. The van der Waals surface area contributed by atoms with E-state index in [0.29, 0.717) is 52.2 Å². The molecule has 6 rings (SSSR count). The van der Waals surface area contributed by atoms with E-state index < -0.39 is 21.9 Å². The summed E-state index contributed by atoms with van der Waals surface area (Å²) < 4.78 is 37.1. The van der Waals surface area contributed by atoms with Gasteiger partial charge in [0.1, 0.15) is 47.7 Å². The lowest BCUT2D eigenvalue weighted by atomic mass is 9.85. The molecular formula is C45H54N2O10S2. The van der Waals surface area contributed by atoms with E-state index in [9.17, 15) is 19.8 Å². The topological polar surface area (TPSA) is 136 Å². The molecule has 0 radical (unpaired) electrons. The first-order chi connectivity index (χ1) is 28.4. The zero-order chi connectivity index (χ0) is 42.3. The number of ether oxygens (including phenoxy) is 6. The lowest BCUT2D eigenvalue weighted by Crippen LogP contribution is -2.61. The number of rotatable bonds is 19. The minimum atomic E-state index is -1.53. The van der Waals surface area contributed by atoms with Gasteiger partial charge in [0.15, 0.2) is 9.74 Å². The molecule has 2 aliphatic rings. The number of methoxy groups -OCH3 is 2. The molecule has 2 heterocycles. The van der Waals surface area contributed by atoms with Crippen molar-refractivity contribution in [3.63, 3.8) is 0 Å². The van der Waals surface area contributed by atoms with Crippen LogP contribution in [0.2, 0.25) is 0 Å².